The van der Waals surface area contributed by atoms with Crippen LogP contribution in [0.3, 0.4) is 0 Å². The van der Waals surface area contributed by atoms with Crippen LogP contribution in [0, 0.1) is 6.92 Å². The maximum absolute atomic E-state index is 13.5. The number of likely N-dealkylation sites (N-methyl/N-ethyl adjacent to an activating group) is 1. The van der Waals surface area contributed by atoms with Crippen molar-refractivity contribution in [1.82, 2.24) is 10.2 Å². The van der Waals surface area contributed by atoms with E-state index in [0.717, 1.165) is 21.6 Å². The molecule has 1 N–H and O–H groups in total. The normalized spacial score (nSPS) is 11.6. The summed E-state index contributed by atoms with van der Waals surface area (Å²) in [5.74, 6) is 0.109. The summed E-state index contributed by atoms with van der Waals surface area (Å²) in [5, 5.41) is 2.94. The number of aryl methyl sites for hydroxylation is 1. The van der Waals surface area contributed by atoms with E-state index in [1.807, 2.05) is 98.8 Å². The number of nitrogens with one attached hydrogen (secondary N) is 1. The average Bonchev–Trinajstić information content (AvgIpc) is 2.82. The Balaban J connectivity index is 1.89. The molecule has 2 amide bonds. The fourth-order valence-corrected chi connectivity index (χ4v) is 4.37. The van der Waals surface area contributed by atoms with Crippen LogP contribution in [-0.2, 0) is 22.6 Å². The molecule has 0 spiro atoms. The standard InChI is InChI=1S/C27H30N2O2S/c1-3-28-27(31)25(18-22-13-6-4-7-14-22)29(19-23-15-11-10-12-21(23)2)26(30)20-32-24-16-8-5-9-17-24/h4-17,25H,3,18-20H2,1-2H3,(H,28,31)/t25-/m0/s1. The largest absolute Gasteiger partial charge is 0.355 e. The molecule has 0 unspecified atom stereocenters. The molecule has 1 atom stereocenters. The first-order valence-electron chi connectivity index (χ1n) is 10.9. The zero-order chi connectivity index (χ0) is 22.8. The average molecular weight is 447 g/mol. The molecule has 0 fully saturated rings. The first kappa shape index (κ1) is 23.6. The van der Waals surface area contributed by atoms with Crippen molar-refractivity contribution in [2.75, 3.05) is 12.3 Å². The van der Waals surface area contributed by atoms with Crippen LogP contribution in [0.25, 0.3) is 0 Å². The van der Waals surface area contributed by atoms with Crippen LogP contribution >= 0.6 is 11.8 Å². The molecule has 0 heterocycles. The van der Waals surface area contributed by atoms with Gasteiger partial charge in [0.15, 0.2) is 0 Å². The molecule has 5 heteroatoms. The Morgan fingerprint density at radius 1 is 0.906 bits per heavy atom. The van der Waals surface area contributed by atoms with E-state index in [9.17, 15) is 9.59 Å². The molecule has 0 aliphatic carbocycles. The summed E-state index contributed by atoms with van der Waals surface area (Å²) in [6, 6.07) is 27.2. The van der Waals surface area contributed by atoms with Crippen LogP contribution in [0.5, 0.6) is 0 Å². The minimum Gasteiger partial charge on any atom is -0.355 e. The zero-order valence-corrected chi connectivity index (χ0v) is 19.5. The van der Waals surface area contributed by atoms with E-state index in [-0.39, 0.29) is 17.6 Å². The third-order valence-electron chi connectivity index (χ3n) is 5.33. The summed E-state index contributed by atoms with van der Waals surface area (Å²) in [5.41, 5.74) is 3.19. The van der Waals surface area contributed by atoms with E-state index >= 15 is 0 Å². The molecule has 3 aromatic rings. The number of hydrogen-bond acceptors (Lipinski definition) is 3. The second-order valence-corrected chi connectivity index (χ2v) is 8.70. The molecule has 0 radical (unpaired) electrons. The van der Waals surface area contributed by atoms with Gasteiger partial charge in [-0.15, -0.1) is 11.8 Å². The molecule has 0 bridgehead atoms. The van der Waals surface area contributed by atoms with Crippen LogP contribution in [0.15, 0.2) is 89.8 Å². The SMILES string of the molecule is CCNC(=O)[C@H](Cc1ccccc1)N(Cc1ccccc1C)C(=O)CSc1ccccc1. The number of benzene rings is 3. The molecule has 4 nitrogen and oxygen atoms in total. The van der Waals surface area contributed by atoms with Gasteiger partial charge in [0, 0.05) is 24.4 Å². The fraction of sp³-hybridized carbons (Fsp3) is 0.259. The van der Waals surface area contributed by atoms with Gasteiger partial charge in [0.2, 0.25) is 11.8 Å². The third-order valence-corrected chi connectivity index (χ3v) is 6.33. The van der Waals surface area contributed by atoms with Crippen molar-refractivity contribution in [2.24, 2.45) is 0 Å². The van der Waals surface area contributed by atoms with Crippen LogP contribution in [0.2, 0.25) is 0 Å². The van der Waals surface area contributed by atoms with Gasteiger partial charge >= 0.3 is 0 Å². The highest BCUT2D eigenvalue weighted by molar-refractivity contribution is 8.00. The second-order valence-electron chi connectivity index (χ2n) is 7.65. The molecule has 0 aromatic heterocycles. The summed E-state index contributed by atoms with van der Waals surface area (Å²) < 4.78 is 0. The van der Waals surface area contributed by atoms with Crippen molar-refractivity contribution in [3.05, 3.63) is 102 Å². The Morgan fingerprint density at radius 3 is 2.19 bits per heavy atom. The maximum Gasteiger partial charge on any atom is 0.243 e. The summed E-state index contributed by atoms with van der Waals surface area (Å²) in [7, 11) is 0. The third kappa shape index (κ3) is 6.72. The second kappa shape index (κ2) is 12.1. The molecule has 32 heavy (non-hydrogen) atoms. The lowest BCUT2D eigenvalue weighted by molar-refractivity contribution is -0.139. The Hall–Kier alpha value is -3.05. The highest BCUT2D eigenvalue weighted by Crippen LogP contribution is 2.21. The first-order chi connectivity index (χ1) is 15.6. The highest BCUT2D eigenvalue weighted by atomic mass is 32.2. The number of carbonyl (C=O) groups is 2. The summed E-state index contributed by atoms with van der Waals surface area (Å²) in [4.78, 5) is 29.4. The number of thioether (sulfide) groups is 1. The van der Waals surface area contributed by atoms with Gasteiger partial charge in [-0.05, 0) is 42.7 Å². The summed E-state index contributed by atoms with van der Waals surface area (Å²) in [6.07, 6.45) is 0.473. The van der Waals surface area contributed by atoms with Gasteiger partial charge in [-0.25, -0.2) is 0 Å². The topological polar surface area (TPSA) is 49.4 Å². The van der Waals surface area contributed by atoms with E-state index in [4.69, 9.17) is 0 Å². The summed E-state index contributed by atoms with van der Waals surface area (Å²) >= 11 is 1.50. The Morgan fingerprint density at radius 2 is 1.53 bits per heavy atom. The molecule has 3 aromatic carbocycles. The lowest BCUT2D eigenvalue weighted by Gasteiger charge is -2.32. The van der Waals surface area contributed by atoms with Gasteiger partial charge in [-0.1, -0.05) is 72.8 Å². The molecular weight excluding hydrogens is 416 g/mol. The van der Waals surface area contributed by atoms with E-state index in [2.05, 4.69) is 5.32 Å². The van der Waals surface area contributed by atoms with Gasteiger partial charge in [0.1, 0.15) is 6.04 Å². The number of rotatable bonds is 10. The minimum absolute atomic E-state index is 0.0470. The maximum atomic E-state index is 13.5. The fourth-order valence-electron chi connectivity index (χ4n) is 3.56. The van der Waals surface area contributed by atoms with Gasteiger partial charge in [-0.3, -0.25) is 9.59 Å². The summed E-state index contributed by atoms with van der Waals surface area (Å²) in [6.45, 7) is 4.86. The van der Waals surface area contributed by atoms with Gasteiger partial charge in [0.05, 0.1) is 5.75 Å². The molecule has 0 aliphatic heterocycles. The van der Waals surface area contributed by atoms with Gasteiger partial charge in [-0.2, -0.15) is 0 Å². The smallest absolute Gasteiger partial charge is 0.243 e. The number of hydrogen-bond donors (Lipinski definition) is 1. The zero-order valence-electron chi connectivity index (χ0n) is 18.7. The first-order valence-corrected chi connectivity index (χ1v) is 11.9. The van der Waals surface area contributed by atoms with Crippen LogP contribution in [0.1, 0.15) is 23.6 Å². The van der Waals surface area contributed by atoms with Crippen molar-refractivity contribution in [1.29, 1.82) is 0 Å². The van der Waals surface area contributed by atoms with Crippen LogP contribution < -0.4 is 5.32 Å². The van der Waals surface area contributed by atoms with E-state index in [1.165, 1.54) is 11.8 Å². The van der Waals surface area contributed by atoms with Crippen LogP contribution in [-0.4, -0.2) is 35.1 Å². The molecule has 0 aliphatic rings. The van der Waals surface area contributed by atoms with Crippen molar-refractivity contribution in [3.8, 4) is 0 Å². The molecule has 0 saturated carbocycles. The molecule has 3 rings (SSSR count). The highest BCUT2D eigenvalue weighted by Gasteiger charge is 2.30. The predicted molar refractivity (Wildman–Crippen MR) is 132 cm³/mol. The lowest BCUT2D eigenvalue weighted by atomic mass is 10.0. The lowest BCUT2D eigenvalue weighted by Crippen LogP contribution is -2.51. The van der Waals surface area contributed by atoms with Crippen LogP contribution in [0.4, 0.5) is 0 Å². The predicted octanol–water partition coefficient (Wildman–Crippen LogP) is 4.86. The quantitative estimate of drug-likeness (QED) is 0.452. The van der Waals surface area contributed by atoms with Crippen molar-refractivity contribution >= 4 is 23.6 Å². The monoisotopic (exact) mass is 446 g/mol. The number of amides is 2. The Kier molecular flexibility index (Phi) is 8.93. The van der Waals surface area contributed by atoms with Crippen molar-refractivity contribution in [3.63, 3.8) is 0 Å². The molecule has 0 saturated heterocycles. The van der Waals surface area contributed by atoms with Gasteiger partial charge in [0.25, 0.3) is 0 Å². The van der Waals surface area contributed by atoms with E-state index in [0.29, 0.717) is 19.5 Å². The Bertz CT molecular complexity index is 1010. The van der Waals surface area contributed by atoms with Crippen molar-refractivity contribution < 1.29 is 9.59 Å². The Labute approximate surface area is 195 Å². The number of nitrogens with zero attached hydrogens (tertiary/aromatic N) is 1. The van der Waals surface area contributed by atoms with Crippen molar-refractivity contribution in [2.45, 2.75) is 37.8 Å². The molecular formula is C27H30N2O2S. The number of carbonyl (C=O) groups excluding carboxylic acids is 2. The minimum atomic E-state index is -0.583. The van der Waals surface area contributed by atoms with E-state index in [1.54, 1.807) is 4.90 Å². The van der Waals surface area contributed by atoms with E-state index < -0.39 is 6.04 Å². The van der Waals surface area contributed by atoms with Gasteiger partial charge < -0.3 is 10.2 Å². The molecule has 166 valence electrons.